The molecular formula is C14H17F2NO. The van der Waals surface area contributed by atoms with Crippen molar-refractivity contribution in [2.24, 2.45) is 5.92 Å². The van der Waals surface area contributed by atoms with E-state index in [4.69, 9.17) is 0 Å². The van der Waals surface area contributed by atoms with Crippen molar-refractivity contribution < 1.29 is 13.5 Å². The van der Waals surface area contributed by atoms with Gasteiger partial charge in [-0.2, -0.15) is 8.78 Å². The third-order valence-corrected chi connectivity index (χ3v) is 3.06. The maximum atomic E-state index is 12.2. The molecule has 1 atom stereocenters. The van der Waals surface area contributed by atoms with Gasteiger partial charge in [0.1, 0.15) is 5.75 Å². The molecule has 2 nitrogen and oxygen atoms in total. The quantitative estimate of drug-likeness (QED) is 0.799. The Bertz CT molecular complexity index is 407. The lowest BCUT2D eigenvalue weighted by molar-refractivity contribution is -0.0493. The first kappa shape index (κ1) is 12.9. The summed E-state index contributed by atoms with van der Waals surface area (Å²) in [6.07, 6.45) is 7.65. The number of ether oxygens (including phenoxy) is 1. The molecule has 0 amide bonds. The SMILES string of the molecule is FC(F)Oc1ccccc1NCC1CC=CCC1. The fourth-order valence-corrected chi connectivity index (χ4v) is 2.11. The molecule has 0 heterocycles. The molecule has 4 heteroatoms. The molecule has 18 heavy (non-hydrogen) atoms. The van der Waals surface area contributed by atoms with Crippen LogP contribution in [0.4, 0.5) is 14.5 Å². The number of para-hydroxylation sites is 2. The minimum atomic E-state index is -2.79. The summed E-state index contributed by atoms with van der Waals surface area (Å²) in [6, 6.07) is 6.80. The van der Waals surface area contributed by atoms with Crippen LogP contribution >= 0.6 is 0 Å². The van der Waals surface area contributed by atoms with Crippen LogP contribution in [0.2, 0.25) is 0 Å². The van der Waals surface area contributed by atoms with Gasteiger partial charge in [-0.25, -0.2) is 0 Å². The van der Waals surface area contributed by atoms with E-state index >= 15 is 0 Å². The number of alkyl halides is 2. The van der Waals surface area contributed by atoms with Gasteiger partial charge in [-0.1, -0.05) is 24.3 Å². The Labute approximate surface area is 106 Å². The highest BCUT2D eigenvalue weighted by atomic mass is 19.3. The van der Waals surface area contributed by atoms with Crippen LogP contribution in [-0.4, -0.2) is 13.2 Å². The zero-order valence-electron chi connectivity index (χ0n) is 10.1. The number of nitrogens with one attached hydrogen (secondary N) is 1. The zero-order valence-corrected chi connectivity index (χ0v) is 10.1. The van der Waals surface area contributed by atoms with Gasteiger partial charge in [0.15, 0.2) is 0 Å². The third kappa shape index (κ3) is 3.72. The number of halogens is 2. The zero-order chi connectivity index (χ0) is 12.8. The fraction of sp³-hybridized carbons (Fsp3) is 0.429. The van der Waals surface area contributed by atoms with Gasteiger partial charge >= 0.3 is 6.61 Å². The molecule has 0 aromatic heterocycles. The second-order valence-corrected chi connectivity index (χ2v) is 4.41. The lowest BCUT2D eigenvalue weighted by atomic mass is 9.94. The van der Waals surface area contributed by atoms with E-state index in [1.807, 2.05) is 0 Å². The van der Waals surface area contributed by atoms with Crippen molar-refractivity contribution in [1.29, 1.82) is 0 Å². The lowest BCUT2D eigenvalue weighted by Crippen LogP contribution is -2.16. The third-order valence-electron chi connectivity index (χ3n) is 3.06. The van der Waals surface area contributed by atoms with Crippen LogP contribution in [0.3, 0.4) is 0 Å². The number of hydrogen-bond acceptors (Lipinski definition) is 2. The minimum absolute atomic E-state index is 0.207. The molecule has 1 N–H and O–H groups in total. The molecule has 1 aliphatic rings. The van der Waals surface area contributed by atoms with Crippen LogP contribution in [0.15, 0.2) is 36.4 Å². The highest BCUT2D eigenvalue weighted by Crippen LogP contribution is 2.27. The summed E-state index contributed by atoms with van der Waals surface area (Å²) in [6.45, 7) is -2.00. The predicted molar refractivity (Wildman–Crippen MR) is 68.0 cm³/mol. The van der Waals surface area contributed by atoms with Crippen LogP contribution in [0.25, 0.3) is 0 Å². The topological polar surface area (TPSA) is 21.3 Å². The Morgan fingerprint density at radius 3 is 2.83 bits per heavy atom. The van der Waals surface area contributed by atoms with E-state index in [0.717, 1.165) is 25.8 Å². The standard InChI is InChI=1S/C14H17F2NO/c15-14(16)18-13-9-5-4-8-12(13)17-10-11-6-2-1-3-7-11/h1-2,4-5,8-9,11,14,17H,3,6-7,10H2. The average molecular weight is 253 g/mol. The van der Waals surface area contributed by atoms with Crippen LogP contribution < -0.4 is 10.1 Å². The largest absolute Gasteiger partial charge is 0.433 e. The van der Waals surface area contributed by atoms with Crippen molar-refractivity contribution in [3.63, 3.8) is 0 Å². The summed E-state index contributed by atoms with van der Waals surface area (Å²) >= 11 is 0. The predicted octanol–water partition coefficient (Wildman–Crippen LogP) is 4.06. The lowest BCUT2D eigenvalue weighted by Gasteiger charge is -2.20. The van der Waals surface area contributed by atoms with Crippen LogP contribution in [-0.2, 0) is 0 Å². The van der Waals surface area contributed by atoms with Gasteiger partial charge in [-0.3, -0.25) is 0 Å². The molecule has 0 spiro atoms. The average Bonchev–Trinajstić information content (AvgIpc) is 2.38. The molecule has 1 aromatic rings. The molecule has 0 bridgehead atoms. The molecule has 2 rings (SSSR count). The molecule has 0 radical (unpaired) electrons. The molecule has 1 aromatic carbocycles. The summed E-state index contributed by atoms with van der Waals surface area (Å²) in [5, 5.41) is 3.20. The van der Waals surface area contributed by atoms with Crippen LogP contribution in [0.1, 0.15) is 19.3 Å². The number of rotatable bonds is 5. The van der Waals surface area contributed by atoms with Gasteiger partial charge < -0.3 is 10.1 Å². The summed E-state index contributed by atoms with van der Waals surface area (Å²) in [5.74, 6) is 0.772. The maximum absolute atomic E-state index is 12.2. The van der Waals surface area contributed by atoms with E-state index in [1.165, 1.54) is 0 Å². The molecule has 1 aliphatic carbocycles. The van der Waals surface area contributed by atoms with E-state index < -0.39 is 6.61 Å². The first-order valence-corrected chi connectivity index (χ1v) is 6.18. The van der Waals surface area contributed by atoms with Gasteiger partial charge in [-0.05, 0) is 37.3 Å². The second-order valence-electron chi connectivity index (χ2n) is 4.41. The van der Waals surface area contributed by atoms with Gasteiger partial charge in [0.25, 0.3) is 0 Å². The number of hydrogen-bond donors (Lipinski definition) is 1. The smallest absolute Gasteiger partial charge is 0.387 e. The highest BCUT2D eigenvalue weighted by Gasteiger charge is 2.12. The van der Waals surface area contributed by atoms with E-state index in [-0.39, 0.29) is 5.75 Å². The molecule has 0 aliphatic heterocycles. The monoisotopic (exact) mass is 253 g/mol. The summed E-state index contributed by atoms with van der Waals surface area (Å²) in [4.78, 5) is 0. The number of benzene rings is 1. The Morgan fingerprint density at radius 2 is 2.11 bits per heavy atom. The summed E-state index contributed by atoms with van der Waals surface area (Å²) in [7, 11) is 0. The van der Waals surface area contributed by atoms with E-state index in [9.17, 15) is 8.78 Å². The van der Waals surface area contributed by atoms with Crippen molar-refractivity contribution in [1.82, 2.24) is 0 Å². The molecule has 0 fully saturated rings. The summed E-state index contributed by atoms with van der Waals surface area (Å²) < 4.78 is 28.9. The van der Waals surface area contributed by atoms with Crippen molar-refractivity contribution in [2.75, 3.05) is 11.9 Å². The molecule has 0 saturated carbocycles. The normalized spacial score (nSPS) is 18.9. The number of anilines is 1. The molecule has 0 saturated heterocycles. The summed E-state index contributed by atoms with van der Waals surface area (Å²) in [5.41, 5.74) is 0.632. The van der Waals surface area contributed by atoms with Crippen LogP contribution in [0.5, 0.6) is 5.75 Å². The Balaban J connectivity index is 1.93. The van der Waals surface area contributed by atoms with Gasteiger partial charge in [0.2, 0.25) is 0 Å². The van der Waals surface area contributed by atoms with E-state index in [2.05, 4.69) is 22.2 Å². The van der Waals surface area contributed by atoms with Crippen molar-refractivity contribution in [3.8, 4) is 5.75 Å². The highest BCUT2D eigenvalue weighted by molar-refractivity contribution is 5.56. The Hall–Kier alpha value is -1.58. The van der Waals surface area contributed by atoms with Crippen molar-refractivity contribution in [3.05, 3.63) is 36.4 Å². The van der Waals surface area contributed by atoms with Gasteiger partial charge in [-0.15, -0.1) is 0 Å². The molecule has 98 valence electrons. The van der Waals surface area contributed by atoms with Crippen LogP contribution in [0, 0.1) is 5.92 Å². The Morgan fingerprint density at radius 1 is 1.28 bits per heavy atom. The molecular weight excluding hydrogens is 236 g/mol. The van der Waals surface area contributed by atoms with Gasteiger partial charge in [0, 0.05) is 6.54 Å². The fourth-order valence-electron chi connectivity index (χ4n) is 2.11. The first-order chi connectivity index (χ1) is 8.75. The van der Waals surface area contributed by atoms with E-state index in [0.29, 0.717) is 11.6 Å². The Kier molecular flexibility index (Phi) is 4.56. The minimum Gasteiger partial charge on any atom is -0.433 e. The van der Waals surface area contributed by atoms with Crippen molar-refractivity contribution in [2.45, 2.75) is 25.9 Å². The molecule has 1 unspecified atom stereocenters. The van der Waals surface area contributed by atoms with Crippen molar-refractivity contribution >= 4 is 5.69 Å². The van der Waals surface area contributed by atoms with E-state index in [1.54, 1.807) is 24.3 Å². The number of allylic oxidation sites excluding steroid dienone is 2. The van der Waals surface area contributed by atoms with Gasteiger partial charge in [0.05, 0.1) is 5.69 Å². The maximum Gasteiger partial charge on any atom is 0.387 e. The second kappa shape index (κ2) is 6.38. The first-order valence-electron chi connectivity index (χ1n) is 6.18.